The molecule has 10 heterocycles. The average molecular weight is 2050 g/mol. The number of ether oxygens (including phenoxy) is 6. The van der Waals surface area contributed by atoms with Crippen molar-refractivity contribution in [2.75, 3.05) is 133 Å². The number of aromatic nitrogens is 5. The Bertz CT molecular complexity index is 6390. The molecule has 24 heteroatoms. The van der Waals surface area contributed by atoms with Crippen LogP contribution in [0.5, 0.6) is 28.7 Å². The molecule has 5 saturated heterocycles. The van der Waals surface area contributed by atoms with Crippen molar-refractivity contribution in [1.82, 2.24) is 52.7 Å². The molecule has 0 unspecified atom stereocenters. The zero-order chi connectivity index (χ0) is 105. The van der Waals surface area contributed by atoms with Crippen molar-refractivity contribution in [1.29, 1.82) is 0 Å². The number of nitrogens with zero attached hydrogens (tertiary/aromatic N) is 10. The highest BCUT2D eigenvalue weighted by molar-refractivity contribution is 6.30. The zero-order valence-electron chi connectivity index (χ0n) is 90.8. The van der Waals surface area contributed by atoms with Crippen molar-refractivity contribution >= 4 is 95.2 Å². The van der Waals surface area contributed by atoms with Gasteiger partial charge in [-0.3, -0.25) is 19.2 Å². The summed E-state index contributed by atoms with van der Waals surface area (Å²) in [5, 5.41) is 8.97. The highest BCUT2D eigenvalue weighted by Gasteiger charge is 2.29. The molecule has 22 nitrogen and oxygen atoms in total. The molecule has 800 valence electrons. The Morgan fingerprint density at radius 3 is 1.34 bits per heavy atom. The lowest BCUT2D eigenvalue weighted by Crippen LogP contribution is -2.38. The average Bonchev–Trinajstić information content (AvgIpc) is 1.62. The van der Waals surface area contributed by atoms with E-state index in [2.05, 4.69) is 128 Å². The van der Waals surface area contributed by atoms with Gasteiger partial charge in [-0.05, 0) is 334 Å². The van der Waals surface area contributed by atoms with Gasteiger partial charge < -0.3 is 85.9 Å². The van der Waals surface area contributed by atoms with Gasteiger partial charge in [-0.25, -0.2) is 4.39 Å². The van der Waals surface area contributed by atoms with E-state index in [-0.39, 0.29) is 41.0 Å². The topological polar surface area (TPSA) is 194 Å². The smallest absolute Gasteiger partial charge is 0.253 e. The number of benzene rings is 8. The number of fused-ring (bicyclic) bond motifs is 5. The number of amides is 1. The van der Waals surface area contributed by atoms with Crippen LogP contribution in [0.4, 0.5) is 4.39 Å². The molecule has 0 atom stereocenters. The minimum Gasteiger partial charge on any atom is -0.497 e. The molecule has 18 rings (SSSR count). The zero-order valence-corrected chi connectivity index (χ0v) is 91.5. The van der Waals surface area contributed by atoms with Crippen molar-refractivity contribution in [2.45, 2.75) is 260 Å². The van der Waals surface area contributed by atoms with Crippen molar-refractivity contribution in [3.05, 3.63) is 257 Å². The Kier molecular flexibility index (Phi) is 44.3. The van der Waals surface area contributed by atoms with Crippen LogP contribution in [0.15, 0.2) is 207 Å². The van der Waals surface area contributed by atoms with Crippen LogP contribution >= 0.6 is 11.6 Å². The fourth-order valence-corrected chi connectivity index (χ4v) is 22.8. The minimum atomic E-state index is -0.243. The standard InChI is InChI=1S/C32H36ClN3O3.C25H29FN2O3.C24H36N2O.C23H34N2O2.C21H30N2O2/c1-38-29-12-4-3-10-26(29)24-14-18-35(19-15-24)16-7-17-36-22-28(27-11-6-13-30(39-2)31(27)36)32(37)34-21-23-8-5-9-25(33)20-23;1-18(29)24-17-28(25-9-8-22(30-2)16-23(24)25)13-3-12-27-14-10-21(11-15-27)31-20-6-4-19(26)5-7-20;1-3-4-8-21-13-17-25(18-14-21)15-7-16-26-19-22(12-11-20(2)27)23-9-5-6-10-24(23)26;1-4-5-7-19-10-14-24(15-11-19)12-6-13-25-17-22(18(2)26)21-9-8-20(27-3)16-23(21)25;1-3-15-25-18-9-13-22(14-10-18)11-6-12-23-16-20(17(2)24)19-7-4-5-8-21(19)23/h3-6,8-13,20,22,24H,7,14-19,21H2,1-2H3,(H,34,37);4-9,16-17,21H,3,10-15H2,1-2H3;5-6,9-10,19,21H,3-4,7-8,11-18H2,1-2H3;8-9,16-17,19H,4-7,10-15H2,1-3H3;4-5,7-8,16,18H,3,6,9-15H2,1-2H3. The summed E-state index contributed by atoms with van der Waals surface area (Å²) in [6.45, 7) is 36.2. The number of ketones is 4. The van der Waals surface area contributed by atoms with Crippen molar-refractivity contribution in [3.63, 3.8) is 0 Å². The number of nitrogens with one attached hydrogen (secondary N) is 1. The first-order chi connectivity index (χ1) is 72.6. The summed E-state index contributed by atoms with van der Waals surface area (Å²) < 4.78 is 58.1. The van der Waals surface area contributed by atoms with Crippen molar-refractivity contribution in [2.24, 2.45) is 11.8 Å². The number of methoxy groups -OCH3 is 4. The fourth-order valence-electron chi connectivity index (χ4n) is 22.6. The third-order valence-corrected chi connectivity index (χ3v) is 31.2. The molecule has 0 spiro atoms. The van der Waals surface area contributed by atoms with Crippen LogP contribution in [-0.2, 0) is 55.2 Å². The second-order valence-corrected chi connectivity index (χ2v) is 42.1. The third-order valence-electron chi connectivity index (χ3n) is 31.0. The van der Waals surface area contributed by atoms with E-state index < -0.39 is 0 Å². The number of hydrogen-bond acceptors (Lipinski definition) is 16. The molecule has 5 aromatic heterocycles. The number of para-hydroxylation sites is 4. The van der Waals surface area contributed by atoms with E-state index in [0.29, 0.717) is 35.6 Å². The van der Waals surface area contributed by atoms with Crippen LogP contribution in [0.3, 0.4) is 0 Å². The van der Waals surface area contributed by atoms with Crippen LogP contribution in [0.1, 0.15) is 260 Å². The number of likely N-dealkylation sites (tertiary alicyclic amines) is 5. The number of Topliss-reactive ketones (excluding diaryl/α,β-unsaturated/α-hetero) is 4. The molecule has 0 aliphatic carbocycles. The Labute approximate surface area is 889 Å². The molecule has 149 heavy (non-hydrogen) atoms. The quantitative estimate of drug-likeness (QED) is 0.0354. The Balaban J connectivity index is 0.000000148. The third kappa shape index (κ3) is 32.6. The van der Waals surface area contributed by atoms with Gasteiger partial charge in [0.1, 0.15) is 46.5 Å². The van der Waals surface area contributed by atoms with Gasteiger partial charge in [-0.1, -0.05) is 150 Å². The summed E-state index contributed by atoms with van der Waals surface area (Å²) in [6.07, 6.45) is 39.2. The van der Waals surface area contributed by atoms with Crippen LogP contribution in [0.2, 0.25) is 5.02 Å². The number of unbranched alkanes of at least 4 members (excludes halogenated alkanes) is 2. The molecule has 13 aromatic rings. The number of carbonyl (C=O) groups is 5. The van der Waals surface area contributed by atoms with Gasteiger partial charge in [0.25, 0.3) is 5.91 Å². The van der Waals surface area contributed by atoms with Crippen LogP contribution in [0.25, 0.3) is 54.5 Å². The molecule has 1 N–H and O–H groups in total. The first-order valence-electron chi connectivity index (χ1n) is 55.6. The van der Waals surface area contributed by atoms with Crippen molar-refractivity contribution < 1.29 is 56.8 Å². The van der Waals surface area contributed by atoms with Crippen LogP contribution < -0.4 is 29.0 Å². The fraction of sp³-hybridized carbons (Fsp3) is 0.496. The minimum absolute atomic E-state index is 0.0697. The molecule has 0 radical (unpaired) electrons. The van der Waals surface area contributed by atoms with E-state index in [1.165, 1.54) is 143 Å². The molecule has 5 aliphatic rings. The van der Waals surface area contributed by atoms with Crippen molar-refractivity contribution in [3.8, 4) is 28.7 Å². The number of aryl methyl sites for hydroxylation is 6. The number of rotatable bonds is 45. The lowest BCUT2D eigenvalue weighted by Gasteiger charge is -2.32. The molecule has 0 bridgehead atoms. The number of carbonyl (C=O) groups excluding carboxylic acids is 5. The maximum atomic E-state index is 13.2. The summed E-state index contributed by atoms with van der Waals surface area (Å²) in [4.78, 5) is 73.4. The van der Waals surface area contributed by atoms with Gasteiger partial charge in [0.05, 0.1) is 51.1 Å². The Morgan fingerprint density at radius 1 is 0.376 bits per heavy atom. The number of halogens is 2. The monoisotopic (exact) mass is 2050 g/mol. The summed E-state index contributed by atoms with van der Waals surface area (Å²) in [7, 11) is 6.75. The first-order valence-corrected chi connectivity index (χ1v) is 55.9. The van der Waals surface area contributed by atoms with Gasteiger partial charge in [-0.2, -0.15) is 0 Å². The first kappa shape index (κ1) is 113. The second kappa shape index (κ2) is 58.3. The predicted molar refractivity (Wildman–Crippen MR) is 605 cm³/mol. The Hall–Kier alpha value is -11.4. The van der Waals surface area contributed by atoms with E-state index in [4.69, 9.17) is 40.0 Å². The van der Waals surface area contributed by atoms with E-state index in [1.54, 1.807) is 68.3 Å². The maximum Gasteiger partial charge on any atom is 0.253 e. The molecular weight excluding hydrogens is 1890 g/mol. The predicted octanol–water partition coefficient (Wildman–Crippen LogP) is 26.2. The molecule has 8 aromatic carbocycles. The molecule has 1 amide bonds. The van der Waals surface area contributed by atoms with Gasteiger partial charge in [-0.15, -0.1) is 0 Å². The highest BCUT2D eigenvalue weighted by atomic mass is 35.5. The summed E-state index contributed by atoms with van der Waals surface area (Å²) in [5.41, 5.74) is 12.3. The summed E-state index contributed by atoms with van der Waals surface area (Å²) in [5.74, 6) is 6.83. The van der Waals surface area contributed by atoms with E-state index in [9.17, 15) is 28.4 Å². The Morgan fingerprint density at radius 2 is 0.812 bits per heavy atom. The molecule has 5 aliphatic heterocycles. The normalized spacial score (nSPS) is 15.6. The van der Waals surface area contributed by atoms with E-state index in [0.717, 1.165) is 283 Å². The summed E-state index contributed by atoms with van der Waals surface area (Å²) in [6, 6.07) is 56.8. The lowest BCUT2D eigenvalue weighted by atomic mass is 9.89. The molecule has 5 fully saturated rings. The largest absolute Gasteiger partial charge is 0.497 e. The second-order valence-electron chi connectivity index (χ2n) is 41.6. The van der Waals surface area contributed by atoms with E-state index in [1.807, 2.05) is 128 Å². The van der Waals surface area contributed by atoms with Gasteiger partial charge in [0.15, 0.2) is 17.3 Å². The SMILES string of the molecule is CCCCC1CCN(CCCn2cc(C(C)=O)c3ccc(OC)cc32)CC1.CCCCC1CCN(CCCn2cc(CCC(C)=O)c3ccccc32)CC1.CCCOC1CCN(CCCn2cc(C(C)=O)c3ccccc32)CC1.COc1ccc2c(c1)c(C(C)=O)cn2CCCN1CCC(Oc2ccc(F)cc2)CC1.COc1ccccc1C1CCN(CCCn2cc(C(=O)NCc3cccc(Cl)c3)c3cccc(OC)c32)CC1. The summed E-state index contributed by atoms with van der Waals surface area (Å²) >= 11 is 6.11. The van der Waals surface area contributed by atoms with Gasteiger partial charge in [0.2, 0.25) is 0 Å². The number of piperidine rings is 5. The molecule has 0 saturated carbocycles. The van der Waals surface area contributed by atoms with E-state index >= 15 is 0 Å². The van der Waals surface area contributed by atoms with Crippen LogP contribution in [0, 0.1) is 17.7 Å². The van der Waals surface area contributed by atoms with Gasteiger partial charge in [0, 0.05) is 181 Å². The highest BCUT2D eigenvalue weighted by Crippen LogP contribution is 2.38. The molecular formula is C125H165ClFN11O11. The van der Waals surface area contributed by atoms with Crippen LogP contribution in [-0.4, -0.2) is 222 Å². The van der Waals surface area contributed by atoms with Gasteiger partial charge >= 0.3 is 0 Å². The lowest BCUT2D eigenvalue weighted by molar-refractivity contribution is -0.117. The maximum absolute atomic E-state index is 13.2. The number of hydrogen-bond donors (Lipinski definition) is 1.